The molecule has 0 saturated carbocycles. The molecule has 1 aromatic heterocycles. The normalized spacial score (nSPS) is 10.9. The SMILES string of the molecule is O=c1[nH]n(Cc2ccccc2Cl)c2ccccc12. The van der Waals surface area contributed by atoms with Crippen LogP contribution in [0.3, 0.4) is 0 Å². The number of benzene rings is 2. The molecule has 3 aromatic rings. The zero-order valence-electron chi connectivity index (χ0n) is 9.56. The van der Waals surface area contributed by atoms with Gasteiger partial charge in [-0.3, -0.25) is 14.6 Å². The van der Waals surface area contributed by atoms with Crippen molar-refractivity contribution in [3.05, 3.63) is 69.5 Å². The topological polar surface area (TPSA) is 37.8 Å². The van der Waals surface area contributed by atoms with E-state index < -0.39 is 0 Å². The molecular formula is C14H11ClN2O. The summed E-state index contributed by atoms with van der Waals surface area (Å²) < 4.78 is 1.82. The summed E-state index contributed by atoms with van der Waals surface area (Å²) in [4.78, 5) is 11.8. The molecular weight excluding hydrogens is 248 g/mol. The fourth-order valence-electron chi connectivity index (χ4n) is 2.07. The predicted molar refractivity (Wildman–Crippen MR) is 73.1 cm³/mol. The highest BCUT2D eigenvalue weighted by Crippen LogP contribution is 2.17. The lowest BCUT2D eigenvalue weighted by atomic mass is 10.2. The van der Waals surface area contributed by atoms with Crippen molar-refractivity contribution >= 4 is 22.5 Å². The predicted octanol–water partition coefficient (Wildman–Crippen LogP) is 3.03. The van der Waals surface area contributed by atoms with Crippen molar-refractivity contribution in [2.45, 2.75) is 6.54 Å². The number of halogens is 1. The van der Waals surface area contributed by atoms with Crippen molar-refractivity contribution in [2.24, 2.45) is 0 Å². The first kappa shape index (κ1) is 11.1. The van der Waals surface area contributed by atoms with Gasteiger partial charge in [0.15, 0.2) is 0 Å². The number of para-hydroxylation sites is 1. The Morgan fingerprint density at radius 3 is 2.61 bits per heavy atom. The van der Waals surface area contributed by atoms with Crippen LogP contribution in [0.5, 0.6) is 0 Å². The van der Waals surface area contributed by atoms with Gasteiger partial charge in [0.25, 0.3) is 5.56 Å². The van der Waals surface area contributed by atoms with E-state index in [9.17, 15) is 4.79 Å². The van der Waals surface area contributed by atoms with E-state index in [0.29, 0.717) is 17.0 Å². The van der Waals surface area contributed by atoms with Crippen molar-refractivity contribution in [2.75, 3.05) is 0 Å². The monoisotopic (exact) mass is 258 g/mol. The van der Waals surface area contributed by atoms with Gasteiger partial charge in [0, 0.05) is 5.02 Å². The van der Waals surface area contributed by atoms with Crippen molar-refractivity contribution < 1.29 is 0 Å². The van der Waals surface area contributed by atoms with E-state index in [-0.39, 0.29) is 5.56 Å². The second-order valence-electron chi connectivity index (χ2n) is 4.14. The molecule has 1 N–H and O–H groups in total. The first-order chi connectivity index (χ1) is 8.75. The van der Waals surface area contributed by atoms with E-state index in [2.05, 4.69) is 5.10 Å². The maximum Gasteiger partial charge on any atom is 0.271 e. The summed E-state index contributed by atoms with van der Waals surface area (Å²) in [6.45, 7) is 0.558. The van der Waals surface area contributed by atoms with E-state index >= 15 is 0 Å². The van der Waals surface area contributed by atoms with Gasteiger partial charge in [-0.2, -0.15) is 0 Å². The number of hydrogen-bond acceptors (Lipinski definition) is 1. The summed E-state index contributed by atoms with van der Waals surface area (Å²) in [5.74, 6) is 0. The van der Waals surface area contributed by atoms with E-state index in [4.69, 9.17) is 11.6 Å². The Kier molecular flexibility index (Phi) is 2.68. The van der Waals surface area contributed by atoms with Gasteiger partial charge in [-0.05, 0) is 23.8 Å². The van der Waals surface area contributed by atoms with Crippen molar-refractivity contribution in [1.82, 2.24) is 9.78 Å². The molecule has 3 nitrogen and oxygen atoms in total. The maximum absolute atomic E-state index is 11.8. The highest BCUT2D eigenvalue weighted by Gasteiger charge is 2.07. The van der Waals surface area contributed by atoms with Gasteiger partial charge in [0.2, 0.25) is 0 Å². The van der Waals surface area contributed by atoms with E-state index in [1.807, 2.05) is 53.2 Å². The van der Waals surface area contributed by atoms with Crippen molar-refractivity contribution in [3.63, 3.8) is 0 Å². The van der Waals surface area contributed by atoms with Gasteiger partial charge >= 0.3 is 0 Å². The fourth-order valence-corrected chi connectivity index (χ4v) is 2.26. The molecule has 18 heavy (non-hydrogen) atoms. The molecule has 1 heterocycles. The summed E-state index contributed by atoms with van der Waals surface area (Å²) in [5.41, 5.74) is 1.80. The van der Waals surface area contributed by atoms with Crippen molar-refractivity contribution in [3.8, 4) is 0 Å². The molecule has 0 saturated heterocycles. The summed E-state index contributed by atoms with van der Waals surface area (Å²) in [6.07, 6.45) is 0. The number of fused-ring (bicyclic) bond motifs is 1. The minimum Gasteiger partial charge on any atom is -0.280 e. The molecule has 0 aliphatic carbocycles. The van der Waals surface area contributed by atoms with Gasteiger partial charge in [0.1, 0.15) is 0 Å². The summed E-state index contributed by atoms with van der Waals surface area (Å²) in [5, 5.41) is 4.23. The smallest absolute Gasteiger partial charge is 0.271 e. The summed E-state index contributed by atoms with van der Waals surface area (Å²) in [6, 6.07) is 15.1. The third-order valence-corrected chi connectivity index (χ3v) is 3.33. The van der Waals surface area contributed by atoms with Crippen LogP contribution in [0.15, 0.2) is 53.3 Å². The number of hydrogen-bond donors (Lipinski definition) is 1. The van der Waals surface area contributed by atoms with Crippen LogP contribution in [0, 0.1) is 0 Å². The highest BCUT2D eigenvalue weighted by molar-refractivity contribution is 6.31. The number of rotatable bonds is 2. The third-order valence-electron chi connectivity index (χ3n) is 2.96. The first-order valence-corrected chi connectivity index (χ1v) is 6.04. The first-order valence-electron chi connectivity index (χ1n) is 5.66. The molecule has 0 amide bonds. The molecule has 0 aliphatic rings. The molecule has 90 valence electrons. The third kappa shape index (κ3) is 1.83. The molecule has 2 aromatic carbocycles. The van der Waals surface area contributed by atoms with Crippen LogP contribution in [-0.2, 0) is 6.54 Å². The highest BCUT2D eigenvalue weighted by atomic mass is 35.5. The molecule has 0 fully saturated rings. The van der Waals surface area contributed by atoms with Crippen LogP contribution in [0.2, 0.25) is 5.02 Å². The molecule has 3 rings (SSSR count). The van der Waals surface area contributed by atoms with E-state index in [1.165, 1.54) is 0 Å². The zero-order valence-corrected chi connectivity index (χ0v) is 10.3. The fraction of sp³-hybridized carbons (Fsp3) is 0.0714. The molecule has 0 unspecified atom stereocenters. The molecule has 4 heteroatoms. The van der Waals surface area contributed by atoms with E-state index in [0.717, 1.165) is 11.1 Å². The minimum absolute atomic E-state index is 0.0716. The van der Waals surface area contributed by atoms with Gasteiger partial charge in [-0.25, -0.2) is 0 Å². The molecule has 0 aliphatic heterocycles. The number of nitrogens with one attached hydrogen (secondary N) is 1. The Bertz CT molecular complexity index is 758. The molecule has 0 atom stereocenters. The lowest BCUT2D eigenvalue weighted by molar-refractivity contribution is 0.703. The summed E-state index contributed by atoms with van der Waals surface area (Å²) >= 11 is 6.13. The van der Waals surface area contributed by atoms with Crippen LogP contribution in [0.4, 0.5) is 0 Å². The lowest BCUT2D eigenvalue weighted by Gasteiger charge is -2.06. The Labute approximate surface area is 109 Å². The van der Waals surface area contributed by atoms with Gasteiger partial charge in [-0.1, -0.05) is 41.9 Å². The number of aromatic amines is 1. The minimum atomic E-state index is -0.0716. The Morgan fingerprint density at radius 2 is 1.78 bits per heavy atom. The Morgan fingerprint density at radius 1 is 1.06 bits per heavy atom. The van der Waals surface area contributed by atoms with Crippen LogP contribution < -0.4 is 5.56 Å². The van der Waals surface area contributed by atoms with Crippen LogP contribution in [0.1, 0.15) is 5.56 Å². The summed E-state index contributed by atoms with van der Waals surface area (Å²) in [7, 11) is 0. The van der Waals surface area contributed by atoms with E-state index in [1.54, 1.807) is 0 Å². The van der Waals surface area contributed by atoms with Crippen LogP contribution in [0.25, 0.3) is 10.9 Å². The molecule has 0 radical (unpaired) electrons. The maximum atomic E-state index is 11.8. The standard InChI is InChI=1S/C14H11ClN2O/c15-12-7-3-1-5-10(12)9-17-13-8-4-2-6-11(13)14(18)16-17/h1-8H,9H2,(H,16,18). The molecule has 0 spiro atoms. The average molecular weight is 259 g/mol. The quantitative estimate of drug-likeness (QED) is 0.754. The van der Waals surface area contributed by atoms with Gasteiger partial charge in [-0.15, -0.1) is 0 Å². The lowest BCUT2D eigenvalue weighted by Crippen LogP contribution is -2.07. The number of H-pyrrole nitrogens is 1. The van der Waals surface area contributed by atoms with Crippen LogP contribution in [-0.4, -0.2) is 9.78 Å². The Hall–Kier alpha value is -2.00. The largest absolute Gasteiger partial charge is 0.280 e. The van der Waals surface area contributed by atoms with Gasteiger partial charge < -0.3 is 0 Å². The van der Waals surface area contributed by atoms with Crippen LogP contribution >= 0.6 is 11.6 Å². The van der Waals surface area contributed by atoms with Crippen molar-refractivity contribution in [1.29, 1.82) is 0 Å². The number of nitrogens with zero attached hydrogens (tertiary/aromatic N) is 1. The zero-order chi connectivity index (χ0) is 12.5. The average Bonchev–Trinajstić information content (AvgIpc) is 2.70. The van der Waals surface area contributed by atoms with Gasteiger partial charge in [0.05, 0.1) is 17.4 Å². The second-order valence-corrected chi connectivity index (χ2v) is 4.54. The molecule has 0 bridgehead atoms. The second kappa shape index (κ2) is 4.35. The number of aromatic nitrogens is 2. The Balaban J connectivity index is 2.11.